The third-order valence-electron chi connectivity index (χ3n) is 6.40. The summed E-state index contributed by atoms with van der Waals surface area (Å²) in [6.07, 6.45) is -5.37. The summed E-state index contributed by atoms with van der Waals surface area (Å²) in [6.45, 7) is 3.51. The summed E-state index contributed by atoms with van der Waals surface area (Å²) in [5.41, 5.74) is -2.01. The fraction of sp³-hybridized carbons (Fsp3) is 0.393. The number of halogens is 5. The smallest absolute Gasteiger partial charge is 0.418 e. The van der Waals surface area contributed by atoms with Crippen molar-refractivity contribution in [2.45, 2.75) is 39.0 Å². The molecule has 14 heteroatoms. The average Bonchev–Trinajstić information content (AvgIpc) is 3.30. The van der Waals surface area contributed by atoms with Crippen molar-refractivity contribution >= 4 is 29.5 Å². The van der Waals surface area contributed by atoms with Gasteiger partial charge in [-0.3, -0.25) is 9.59 Å². The number of rotatable bonds is 12. The lowest BCUT2D eigenvalue weighted by Crippen LogP contribution is -2.29. The van der Waals surface area contributed by atoms with Crippen LogP contribution in [0.25, 0.3) is 0 Å². The van der Waals surface area contributed by atoms with Crippen LogP contribution in [0, 0.1) is 23.0 Å². The average molecular weight is 599 g/mol. The van der Waals surface area contributed by atoms with E-state index in [2.05, 4.69) is 10.6 Å². The fourth-order valence-electron chi connectivity index (χ4n) is 4.56. The molecule has 1 fully saturated rings. The highest BCUT2D eigenvalue weighted by Crippen LogP contribution is 2.40. The highest BCUT2D eigenvalue weighted by Gasteiger charge is 2.37. The van der Waals surface area contributed by atoms with Crippen molar-refractivity contribution in [3.8, 4) is 5.75 Å². The summed E-state index contributed by atoms with van der Waals surface area (Å²) in [7, 11) is 0. The SMILES string of the molecule is CC(C)/C(NCCOc1cc(F)cc(F)c1)=C(/C=N)C(=O)Nc1cc(CC(=O)O)c(N2CC[C@@H](O)C2)cc1C(F)(F)F. The third kappa shape index (κ3) is 8.41. The van der Waals surface area contributed by atoms with Crippen LogP contribution in [0.3, 0.4) is 0 Å². The minimum atomic E-state index is -4.93. The summed E-state index contributed by atoms with van der Waals surface area (Å²) < 4.78 is 74.5. The number of amides is 1. The Morgan fingerprint density at radius 1 is 1.17 bits per heavy atom. The van der Waals surface area contributed by atoms with Crippen LogP contribution in [0.2, 0.25) is 0 Å². The van der Waals surface area contributed by atoms with Crippen LogP contribution in [-0.4, -0.2) is 60.6 Å². The van der Waals surface area contributed by atoms with Crippen molar-refractivity contribution in [2.75, 3.05) is 36.5 Å². The lowest BCUT2D eigenvalue weighted by atomic mass is 10.0. The maximum Gasteiger partial charge on any atom is 0.418 e. The van der Waals surface area contributed by atoms with E-state index in [0.29, 0.717) is 18.7 Å². The van der Waals surface area contributed by atoms with Gasteiger partial charge in [0, 0.05) is 55.4 Å². The van der Waals surface area contributed by atoms with Gasteiger partial charge in [0.25, 0.3) is 5.91 Å². The van der Waals surface area contributed by atoms with Crippen molar-refractivity contribution in [1.82, 2.24) is 5.32 Å². The molecular formula is C28H31F5N4O5. The molecule has 0 bridgehead atoms. The second-order valence-electron chi connectivity index (χ2n) is 9.94. The summed E-state index contributed by atoms with van der Waals surface area (Å²) in [5, 5.41) is 32.1. The number of ether oxygens (including phenoxy) is 1. The Morgan fingerprint density at radius 2 is 1.83 bits per heavy atom. The van der Waals surface area contributed by atoms with Gasteiger partial charge in [0.15, 0.2) is 0 Å². The Hall–Kier alpha value is -4.20. The second-order valence-corrected chi connectivity index (χ2v) is 9.94. The number of carbonyl (C=O) groups is 2. The monoisotopic (exact) mass is 598 g/mol. The number of alkyl halides is 3. The molecule has 3 rings (SSSR count). The van der Waals surface area contributed by atoms with E-state index in [9.17, 15) is 41.8 Å². The van der Waals surface area contributed by atoms with Crippen LogP contribution in [0.1, 0.15) is 31.4 Å². The highest BCUT2D eigenvalue weighted by molar-refractivity contribution is 6.18. The zero-order valence-corrected chi connectivity index (χ0v) is 22.8. The predicted octanol–water partition coefficient (Wildman–Crippen LogP) is 4.35. The van der Waals surface area contributed by atoms with Gasteiger partial charge in [-0.2, -0.15) is 13.2 Å². The standard InChI is InChI=1S/C28H31F5N4O5/c1-15(2)26(35-4-6-42-20-10-17(29)9-18(30)11-20)21(13-34)27(41)36-23-7-16(8-25(39)40)24(12-22(23)28(31,32)33)37-5-3-19(38)14-37/h7,9-13,15,19,34-35,38H,3-6,8,14H2,1-2H3,(H,36,41)(H,39,40)/b26-21+,34-13?/t19-/m1/s1. The number of carboxylic acid groups (broad SMARTS) is 1. The summed E-state index contributed by atoms with van der Waals surface area (Å²) >= 11 is 0. The van der Waals surface area contributed by atoms with Crippen LogP contribution in [-0.2, 0) is 22.2 Å². The number of β-amino-alcohol motifs (C(OH)–C–C–N with tert-alkyl or cyclic N) is 1. The molecule has 1 amide bonds. The number of benzene rings is 2. The van der Waals surface area contributed by atoms with Crippen molar-refractivity contribution in [1.29, 1.82) is 5.41 Å². The molecular weight excluding hydrogens is 567 g/mol. The molecule has 0 saturated carbocycles. The second kappa shape index (κ2) is 13.6. The maximum atomic E-state index is 14.1. The first kappa shape index (κ1) is 32.3. The van der Waals surface area contributed by atoms with Gasteiger partial charge < -0.3 is 35.9 Å². The number of aliphatic hydroxyl groups excluding tert-OH is 1. The summed E-state index contributed by atoms with van der Waals surface area (Å²) in [4.78, 5) is 26.2. The van der Waals surface area contributed by atoms with Crippen LogP contribution >= 0.6 is 0 Å². The van der Waals surface area contributed by atoms with Gasteiger partial charge in [-0.05, 0) is 30.0 Å². The highest BCUT2D eigenvalue weighted by atomic mass is 19.4. The van der Waals surface area contributed by atoms with Crippen LogP contribution in [0.5, 0.6) is 5.75 Å². The quantitative estimate of drug-likeness (QED) is 0.106. The molecule has 42 heavy (non-hydrogen) atoms. The Bertz CT molecular complexity index is 1340. The van der Waals surface area contributed by atoms with E-state index in [4.69, 9.17) is 10.1 Å². The van der Waals surface area contributed by atoms with E-state index < -0.39 is 59.4 Å². The van der Waals surface area contributed by atoms with E-state index in [1.54, 1.807) is 13.8 Å². The van der Waals surface area contributed by atoms with Gasteiger partial charge >= 0.3 is 12.1 Å². The number of anilines is 2. The zero-order chi connectivity index (χ0) is 31.2. The molecule has 1 saturated heterocycles. The Kier molecular flexibility index (Phi) is 10.5. The van der Waals surface area contributed by atoms with E-state index in [1.807, 2.05) is 0 Å². The number of hydrogen-bond donors (Lipinski definition) is 5. The molecule has 0 aromatic heterocycles. The lowest BCUT2D eigenvalue weighted by molar-refractivity contribution is -0.137. The van der Waals surface area contributed by atoms with Gasteiger partial charge in [0.05, 0.1) is 29.3 Å². The summed E-state index contributed by atoms with van der Waals surface area (Å²) in [5.74, 6) is -4.50. The van der Waals surface area contributed by atoms with Crippen molar-refractivity contribution < 1.29 is 46.5 Å². The Labute approximate surface area is 238 Å². The molecule has 0 unspecified atom stereocenters. The van der Waals surface area contributed by atoms with Crippen LogP contribution < -0.4 is 20.3 Å². The number of allylic oxidation sites excluding steroid dienone is 1. The van der Waals surface area contributed by atoms with E-state index in [0.717, 1.165) is 24.3 Å². The predicted molar refractivity (Wildman–Crippen MR) is 145 cm³/mol. The summed E-state index contributed by atoms with van der Waals surface area (Å²) in [6, 6.07) is 4.34. The topological polar surface area (TPSA) is 135 Å². The first-order valence-electron chi connectivity index (χ1n) is 13.0. The molecule has 1 aliphatic heterocycles. The van der Waals surface area contributed by atoms with Gasteiger partial charge in [-0.1, -0.05) is 13.8 Å². The van der Waals surface area contributed by atoms with Gasteiger partial charge in [-0.25, -0.2) is 8.78 Å². The minimum Gasteiger partial charge on any atom is -0.492 e. The number of hydrogen-bond acceptors (Lipinski definition) is 7. The first-order valence-corrected chi connectivity index (χ1v) is 13.0. The van der Waals surface area contributed by atoms with Crippen molar-refractivity contribution in [3.05, 3.63) is 64.4 Å². The number of nitrogens with zero attached hydrogens (tertiary/aromatic N) is 1. The molecule has 9 nitrogen and oxygen atoms in total. The van der Waals surface area contributed by atoms with Crippen LogP contribution in [0.15, 0.2) is 41.6 Å². The number of carboxylic acids is 1. The molecule has 0 spiro atoms. The first-order chi connectivity index (χ1) is 19.7. The largest absolute Gasteiger partial charge is 0.492 e. The van der Waals surface area contributed by atoms with Gasteiger partial charge in [0.1, 0.15) is 24.0 Å². The molecule has 1 atom stereocenters. The van der Waals surface area contributed by atoms with Gasteiger partial charge in [-0.15, -0.1) is 0 Å². The maximum absolute atomic E-state index is 14.1. The van der Waals surface area contributed by atoms with Crippen molar-refractivity contribution in [3.63, 3.8) is 0 Å². The van der Waals surface area contributed by atoms with E-state index >= 15 is 0 Å². The van der Waals surface area contributed by atoms with Crippen molar-refractivity contribution in [2.24, 2.45) is 5.92 Å². The molecule has 0 radical (unpaired) electrons. The van der Waals surface area contributed by atoms with Crippen LogP contribution in [0.4, 0.5) is 33.3 Å². The molecule has 228 valence electrons. The molecule has 2 aromatic rings. The normalized spacial score (nSPS) is 15.8. The zero-order valence-electron chi connectivity index (χ0n) is 22.8. The fourth-order valence-corrected chi connectivity index (χ4v) is 4.56. The Balaban J connectivity index is 1.90. The number of carbonyl (C=O) groups excluding carboxylic acids is 1. The minimum absolute atomic E-state index is 0.00780. The van der Waals surface area contributed by atoms with Gasteiger partial charge in [0.2, 0.25) is 0 Å². The molecule has 2 aromatic carbocycles. The molecule has 0 aliphatic carbocycles. The number of aliphatic carboxylic acids is 1. The lowest BCUT2D eigenvalue weighted by Gasteiger charge is -2.25. The molecule has 1 heterocycles. The Morgan fingerprint density at radius 3 is 2.36 bits per heavy atom. The number of nitrogens with one attached hydrogen (secondary N) is 3. The molecule has 1 aliphatic rings. The third-order valence-corrected chi connectivity index (χ3v) is 6.40. The van der Waals surface area contributed by atoms with E-state index in [1.165, 1.54) is 4.90 Å². The number of aliphatic hydroxyl groups is 1. The molecule has 5 N–H and O–H groups in total. The van der Waals surface area contributed by atoms with E-state index in [-0.39, 0.29) is 54.5 Å².